The zero-order valence-corrected chi connectivity index (χ0v) is 9.02. The van der Waals surface area contributed by atoms with Crippen molar-refractivity contribution in [1.82, 2.24) is 0 Å². The van der Waals surface area contributed by atoms with Crippen LogP contribution in [0, 0.1) is 0 Å². The number of hydrogen-bond donors (Lipinski definition) is 1. The lowest BCUT2D eigenvalue weighted by molar-refractivity contribution is 0.235. The van der Waals surface area contributed by atoms with Gasteiger partial charge in [0.05, 0.1) is 5.50 Å². The highest BCUT2D eigenvalue weighted by molar-refractivity contribution is 6.75. The SMILES string of the molecule is CCC(N)[Si](CCl)(OC)OC. The van der Waals surface area contributed by atoms with Crippen molar-refractivity contribution in [2.75, 3.05) is 19.7 Å². The first-order valence-corrected chi connectivity index (χ1v) is 6.22. The summed E-state index contributed by atoms with van der Waals surface area (Å²) in [5.74, 6) is 0. The molecule has 0 aliphatic heterocycles. The average Bonchev–Trinajstić information content (AvgIpc) is 2.08. The highest BCUT2D eigenvalue weighted by Gasteiger charge is 2.40. The Hall–Kier alpha value is 0.387. The lowest BCUT2D eigenvalue weighted by atomic mass is 10.5. The van der Waals surface area contributed by atoms with Gasteiger partial charge < -0.3 is 14.6 Å². The number of halogens is 1. The van der Waals surface area contributed by atoms with E-state index in [1.165, 1.54) is 0 Å². The highest BCUT2D eigenvalue weighted by Crippen LogP contribution is 2.13. The normalized spacial score (nSPS) is 15.0. The molecule has 0 aromatic rings. The van der Waals surface area contributed by atoms with Crippen LogP contribution in [0.5, 0.6) is 0 Å². The van der Waals surface area contributed by atoms with E-state index >= 15 is 0 Å². The molecule has 0 heterocycles. The van der Waals surface area contributed by atoms with Crippen LogP contribution in [-0.2, 0) is 8.85 Å². The van der Waals surface area contributed by atoms with Crippen LogP contribution in [0.25, 0.3) is 0 Å². The maximum absolute atomic E-state index is 5.81. The average molecular weight is 198 g/mol. The van der Waals surface area contributed by atoms with Crippen LogP contribution < -0.4 is 5.73 Å². The zero-order valence-electron chi connectivity index (χ0n) is 7.26. The van der Waals surface area contributed by atoms with Gasteiger partial charge in [-0.25, -0.2) is 0 Å². The second kappa shape index (κ2) is 5.11. The van der Waals surface area contributed by atoms with E-state index in [9.17, 15) is 0 Å². The number of nitrogens with two attached hydrogens (primary N) is 1. The molecule has 0 saturated carbocycles. The van der Waals surface area contributed by atoms with Crippen LogP contribution in [0.15, 0.2) is 0 Å². The smallest absolute Gasteiger partial charge is 0.370 e. The first-order valence-electron chi connectivity index (χ1n) is 3.58. The van der Waals surface area contributed by atoms with Crippen LogP contribution in [-0.4, -0.2) is 33.9 Å². The van der Waals surface area contributed by atoms with Crippen molar-refractivity contribution in [3.05, 3.63) is 0 Å². The van der Waals surface area contributed by atoms with E-state index in [1.807, 2.05) is 6.92 Å². The molecule has 68 valence electrons. The summed E-state index contributed by atoms with van der Waals surface area (Å²) in [5, 5.41) is 0. The second-order valence-electron chi connectivity index (χ2n) is 2.37. The van der Waals surface area contributed by atoms with Crippen molar-refractivity contribution in [2.45, 2.75) is 19.0 Å². The van der Waals surface area contributed by atoms with Crippen molar-refractivity contribution in [3.8, 4) is 0 Å². The summed E-state index contributed by atoms with van der Waals surface area (Å²) < 4.78 is 10.5. The van der Waals surface area contributed by atoms with Gasteiger partial charge in [-0.2, -0.15) is 0 Å². The molecular weight excluding hydrogens is 182 g/mol. The summed E-state index contributed by atoms with van der Waals surface area (Å²) in [6.45, 7) is 2.00. The van der Waals surface area contributed by atoms with Gasteiger partial charge >= 0.3 is 8.56 Å². The van der Waals surface area contributed by atoms with Crippen LogP contribution in [0.4, 0.5) is 0 Å². The molecule has 0 fully saturated rings. The predicted molar refractivity (Wildman–Crippen MR) is 48.8 cm³/mol. The third-order valence-electron chi connectivity index (χ3n) is 1.88. The lowest BCUT2D eigenvalue weighted by Gasteiger charge is -2.29. The minimum Gasteiger partial charge on any atom is -0.396 e. The molecule has 11 heavy (non-hydrogen) atoms. The summed E-state index contributed by atoms with van der Waals surface area (Å²) in [6.07, 6.45) is 0.834. The maximum Gasteiger partial charge on any atom is 0.370 e. The van der Waals surface area contributed by atoms with Crippen molar-refractivity contribution >= 4 is 20.2 Å². The van der Waals surface area contributed by atoms with E-state index in [2.05, 4.69) is 0 Å². The van der Waals surface area contributed by atoms with Crippen molar-refractivity contribution in [1.29, 1.82) is 0 Å². The molecule has 1 atom stereocenters. The second-order valence-corrected chi connectivity index (χ2v) is 6.62. The Labute approximate surface area is 74.1 Å². The van der Waals surface area contributed by atoms with E-state index < -0.39 is 8.56 Å². The Balaban J connectivity index is 4.26. The fourth-order valence-corrected chi connectivity index (χ4v) is 3.97. The minimum atomic E-state index is -2.28. The Bertz CT molecular complexity index is 102. The Morgan fingerprint density at radius 2 is 1.91 bits per heavy atom. The molecule has 2 N–H and O–H groups in total. The van der Waals surface area contributed by atoms with Crippen molar-refractivity contribution < 1.29 is 8.85 Å². The number of alkyl halides is 1. The highest BCUT2D eigenvalue weighted by atomic mass is 35.5. The molecule has 0 saturated heterocycles. The van der Waals surface area contributed by atoms with E-state index in [4.69, 9.17) is 26.2 Å². The molecule has 3 nitrogen and oxygen atoms in total. The fourth-order valence-electron chi connectivity index (χ4n) is 0.905. The van der Waals surface area contributed by atoms with Crippen LogP contribution >= 0.6 is 11.6 Å². The maximum atomic E-state index is 5.81. The summed E-state index contributed by atoms with van der Waals surface area (Å²) in [6, 6.07) is 0. The lowest BCUT2D eigenvalue weighted by Crippen LogP contribution is -2.58. The third kappa shape index (κ3) is 2.42. The molecule has 0 amide bonds. The van der Waals surface area contributed by atoms with Gasteiger partial charge in [0.25, 0.3) is 0 Å². The quantitative estimate of drug-likeness (QED) is 0.523. The minimum absolute atomic E-state index is 0.0463. The van der Waals surface area contributed by atoms with E-state index in [-0.39, 0.29) is 5.67 Å². The summed E-state index contributed by atoms with van der Waals surface area (Å²) in [4.78, 5) is 0. The zero-order chi connectivity index (χ0) is 8.91. The van der Waals surface area contributed by atoms with E-state index in [1.54, 1.807) is 14.2 Å². The van der Waals surface area contributed by atoms with Gasteiger partial charge in [-0.1, -0.05) is 6.92 Å². The molecule has 5 heteroatoms. The van der Waals surface area contributed by atoms with Gasteiger partial charge in [0.15, 0.2) is 0 Å². The third-order valence-corrected chi connectivity index (χ3v) is 6.29. The molecule has 0 aliphatic carbocycles. The monoisotopic (exact) mass is 197 g/mol. The van der Waals surface area contributed by atoms with Gasteiger partial charge in [-0.15, -0.1) is 11.6 Å². The molecule has 0 aromatic heterocycles. The molecule has 0 bridgehead atoms. The van der Waals surface area contributed by atoms with Gasteiger partial charge in [0.2, 0.25) is 0 Å². The van der Waals surface area contributed by atoms with Gasteiger partial charge in [0.1, 0.15) is 0 Å². The summed E-state index contributed by atoms with van der Waals surface area (Å²) in [7, 11) is 0.932. The van der Waals surface area contributed by atoms with Gasteiger partial charge in [-0.3, -0.25) is 0 Å². The predicted octanol–water partition coefficient (Wildman–Crippen LogP) is 0.776. The molecular formula is C6H16ClNO2Si. The standard InChI is InChI=1S/C6H16ClNO2Si/c1-4-6(8)11(5-7,9-2)10-3/h6H,4-5,8H2,1-3H3. The first-order chi connectivity index (χ1) is 5.16. The number of hydrogen-bond acceptors (Lipinski definition) is 3. The Morgan fingerprint density at radius 1 is 1.45 bits per heavy atom. The largest absolute Gasteiger partial charge is 0.396 e. The van der Waals surface area contributed by atoms with Gasteiger partial charge in [0, 0.05) is 19.9 Å². The Morgan fingerprint density at radius 3 is 2.00 bits per heavy atom. The van der Waals surface area contributed by atoms with E-state index in [0.717, 1.165) is 6.42 Å². The molecule has 0 rings (SSSR count). The molecule has 0 spiro atoms. The molecule has 0 aromatic carbocycles. The molecule has 0 radical (unpaired) electrons. The van der Waals surface area contributed by atoms with Gasteiger partial charge in [-0.05, 0) is 6.42 Å². The summed E-state index contributed by atoms with van der Waals surface area (Å²) in [5.41, 5.74) is 6.15. The summed E-state index contributed by atoms with van der Waals surface area (Å²) >= 11 is 5.73. The van der Waals surface area contributed by atoms with E-state index in [0.29, 0.717) is 5.50 Å². The Kier molecular flexibility index (Phi) is 5.29. The first kappa shape index (κ1) is 11.4. The molecule has 1 unspecified atom stereocenters. The molecule has 0 aliphatic rings. The fraction of sp³-hybridized carbons (Fsp3) is 1.00. The van der Waals surface area contributed by atoms with Crippen molar-refractivity contribution in [2.24, 2.45) is 5.73 Å². The number of rotatable bonds is 5. The van der Waals surface area contributed by atoms with Crippen LogP contribution in [0.2, 0.25) is 0 Å². The van der Waals surface area contributed by atoms with Crippen LogP contribution in [0.1, 0.15) is 13.3 Å². The van der Waals surface area contributed by atoms with Crippen molar-refractivity contribution in [3.63, 3.8) is 0 Å². The van der Waals surface area contributed by atoms with Crippen LogP contribution in [0.3, 0.4) is 0 Å². The topological polar surface area (TPSA) is 44.5 Å².